The molecule has 0 saturated carbocycles. The van der Waals surface area contributed by atoms with Gasteiger partial charge in [-0.25, -0.2) is 0 Å². The summed E-state index contributed by atoms with van der Waals surface area (Å²) in [6.07, 6.45) is 0. The van der Waals surface area contributed by atoms with Crippen LogP contribution in [0.4, 0.5) is 0 Å². The molecule has 0 aliphatic carbocycles. The molecule has 6 nitrogen and oxygen atoms in total. The Kier molecular flexibility index (Phi) is 6.75. The van der Waals surface area contributed by atoms with Crippen molar-refractivity contribution in [2.24, 2.45) is 0 Å². The van der Waals surface area contributed by atoms with Crippen LogP contribution in [-0.2, 0) is 14.3 Å². The zero-order chi connectivity index (χ0) is 13.5. The lowest BCUT2D eigenvalue weighted by Crippen LogP contribution is -2.47. The lowest BCUT2D eigenvalue weighted by atomic mass is 10.1. The van der Waals surface area contributed by atoms with Gasteiger partial charge < -0.3 is 15.2 Å². The summed E-state index contributed by atoms with van der Waals surface area (Å²) in [4.78, 5) is 23.8. The van der Waals surface area contributed by atoms with Crippen LogP contribution in [0.5, 0.6) is 0 Å². The number of nitrogens with one attached hydrogen (secondary N) is 1. The summed E-state index contributed by atoms with van der Waals surface area (Å²) in [6, 6.07) is 0. The highest BCUT2D eigenvalue weighted by Crippen LogP contribution is 1.99. The first-order valence-corrected chi connectivity index (χ1v) is 5.48. The maximum Gasteiger partial charge on any atom is 0.317 e. The first-order valence-electron chi connectivity index (χ1n) is 5.48. The minimum absolute atomic E-state index is 0.0624. The SMILES string of the molecule is COCCN(CC(=O)O)CC(=O)NC(C)(C)C. The number of carboxylic acid groups (broad SMARTS) is 1. The van der Waals surface area contributed by atoms with E-state index in [2.05, 4.69) is 5.32 Å². The third-order valence-corrected chi connectivity index (χ3v) is 1.85. The van der Waals surface area contributed by atoms with Crippen LogP contribution in [0.25, 0.3) is 0 Å². The maximum atomic E-state index is 11.6. The van der Waals surface area contributed by atoms with E-state index in [1.807, 2.05) is 20.8 Å². The maximum absolute atomic E-state index is 11.6. The third-order valence-electron chi connectivity index (χ3n) is 1.85. The summed E-state index contributed by atoms with van der Waals surface area (Å²) in [5, 5.41) is 11.5. The number of amides is 1. The topological polar surface area (TPSA) is 78.9 Å². The number of carbonyl (C=O) groups excluding carboxylic acids is 1. The van der Waals surface area contributed by atoms with Crippen molar-refractivity contribution in [1.29, 1.82) is 0 Å². The number of nitrogens with zero attached hydrogens (tertiary/aromatic N) is 1. The lowest BCUT2D eigenvalue weighted by molar-refractivity contribution is -0.138. The third kappa shape index (κ3) is 9.77. The van der Waals surface area contributed by atoms with E-state index in [9.17, 15) is 9.59 Å². The normalized spacial score (nSPS) is 11.6. The van der Waals surface area contributed by atoms with Gasteiger partial charge in [-0.15, -0.1) is 0 Å². The minimum Gasteiger partial charge on any atom is -0.480 e. The van der Waals surface area contributed by atoms with Crippen molar-refractivity contribution in [2.75, 3.05) is 33.4 Å². The molecule has 0 aliphatic rings. The number of ether oxygens (including phenoxy) is 1. The van der Waals surface area contributed by atoms with Gasteiger partial charge in [0.15, 0.2) is 0 Å². The molecule has 0 aromatic heterocycles. The van der Waals surface area contributed by atoms with Crippen molar-refractivity contribution in [1.82, 2.24) is 10.2 Å². The highest BCUT2D eigenvalue weighted by Gasteiger charge is 2.18. The van der Waals surface area contributed by atoms with E-state index in [1.165, 1.54) is 12.0 Å². The van der Waals surface area contributed by atoms with Gasteiger partial charge in [-0.2, -0.15) is 0 Å². The monoisotopic (exact) mass is 246 g/mol. The summed E-state index contributed by atoms with van der Waals surface area (Å²) in [6.45, 7) is 6.34. The van der Waals surface area contributed by atoms with Gasteiger partial charge in [-0.1, -0.05) is 0 Å². The van der Waals surface area contributed by atoms with E-state index in [-0.39, 0.29) is 24.5 Å². The van der Waals surface area contributed by atoms with Crippen molar-refractivity contribution >= 4 is 11.9 Å². The molecule has 0 saturated heterocycles. The van der Waals surface area contributed by atoms with E-state index in [0.717, 1.165) is 0 Å². The molecule has 0 aromatic carbocycles. The Morgan fingerprint density at radius 1 is 1.29 bits per heavy atom. The Labute approximate surface area is 102 Å². The average molecular weight is 246 g/mol. The predicted octanol–water partition coefficient (Wildman–Crippen LogP) is -0.0659. The molecule has 0 heterocycles. The van der Waals surface area contributed by atoms with E-state index in [1.54, 1.807) is 0 Å². The second-order valence-corrected chi connectivity index (χ2v) is 4.90. The fourth-order valence-corrected chi connectivity index (χ4v) is 1.29. The van der Waals surface area contributed by atoms with Crippen LogP contribution in [0, 0.1) is 0 Å². The summed E-state index contributed by atoms with van der Waals surface area (Å²) in [7, 11) is 1.54. The number of hydrogen-bond donors (Lipinski definition) is 2. The number of aliphatic carboxylic acids is 1. The molecule has 0 radical (unpaired) electrons. The number of hydrogen-bond acceptors (Lipinski definition) is 4. The molecule has 1 amide bonds. The number of carboxylic acids is 1. The van der Waals surface area contributed by atoms with Crippen molar-refractivity contribution in [3.63, 3.8) is 0 Å². The quantitative estimate of drug-likeness (QED) is 0.657. The summed E-state index contributed by atoms with van der Waals surface area (Å²) in [5.41, 5.74) is -0.312. The zero-order valence-corrected chi connectivity index (χ0v) is 10.9. The number of methoxy groups -OCH3 is 1. The summed E-state index contributed by atoms with van der Waals surface area (Å²) < 4.78 is 4.87. The van der Waals surface area contributed by atoms with Crippen LogP contribution in [-0.4, -0.2) is 60.8 Å². The molecule has 0 unspecified atom stereocenters. The molecule has 0 rings (SSSR count). The molecule has 0 aromatic rings. The van der Waals surface area contributed by atoms with Gasteiger partial charge in [0, 0.05) is 19.2 Å². The van der Waals surface area contributed by atoms with E-state index < -0.39 is 5.97 Å². The van der Waals surface area contributed by atoms with Crippen LogP contribution >= 0.6 is 0 Å². The Balaban J connectivity index is 4.21. The molecule has 0 spiro atoms. The van der Waals surface area contributed by atoms with Gasteiger partial charge in [0.25, 0.3) is 0 Å². The molecular weight excluding hydrogens is 224 g/mol. The van der Waals surface area contributed by atoms with Crippen LogP contribution in [0.2, 0.25) is 0 Å². The molecule has 0 bridgehead atoms. The van der Waals surface area contributed by atoms with Gasteiger partial charge in [-0.05, 0) is 20.8 Å². The highest BCUT2D eigenvalue weighted by atomic mass is 16.5. The van der Waals surface area contributed by atoms with Crippen LogP contribution in [0.1, 0.15) is 20.8 Å². The zero-order valence-electron chi connectivity index (χ0n) is 10.9. The van der Waals surface area contributed by atoms with Crippen LogP contribution in [0.3, 0.4) is 0 Å². The summed E-state index contributed by atoms with van der Waals surface area (Å²) >= 11 is 0. The van der Waals surface area contributed by atoms with Gasteiger partial charge in [0.05, 0.1) is 19.7 Å². The van der Waals surface area contributed by atoms with Crippen molar-refractivity contribution < 1.29 is 19.4 Å². The Morgan fingerprint density at radius 3 is 2.29 bits per heavy atom. The molecular formula is C11H22N2O4. The van der Waals surface area contributed by atoms with E-state index in [0.29, 0.717) is 13.2 Å². The standard InChI is InChI=1S/C11H22N2O4/c1-11(2,3)12-9(14)7-13(5-6-17-4)8-10(15)16/h5-8H2,1-4H3,(H,12,14)(H,15,16). The van der Waals surface area contributed by atoms with Crippen molar-refractivity contribution in [3.8, 4) is 0 Å². The smallest absolute Gasteiger partial charge is 0.317 e. The van der Waals surface area contributed by atoms with Crippen molar-refractivity contribution in [2.45, 2.75) is 26.3 Å². The molecule has 2 N–H and O–H groups in total. The fourth-order valence-electron chi connectivity index (χ4n) is 1.29. The van der Waals surface area contributed by atoms with Gasteiger partial charge in [-0.3, -0.25) is 14.5 Å². The molecule has 17 heavy (non-hydrogen) atoms. The first kappa shape index (κ1) is 15.9. The second kappa shape index (κ2) is 7.24. The minimum atomic E-state index is -0.954. The molecule has 0 atom stereocenters. The van der Waals surface area contributed by atoms with Gasteiger partial charge >= 0.3 is 5.97 Å². The van der Waals surface area contributed by atoms with E-state index in [4.69, 9.17) is 9.84 Å². The second-order valence-electron chi connectivity index (χ2n) is 4.90. The fraction of sp³-hybridized carbons (Fsp3) is 0.818. The van der Waals surface area contributed by atoms with Gasteiger partial charge in [0.1, 0.15) is 0 Å². The molecule has 0 aliphatic heterocycles. The van der Waals surface area contributed by atoms with Crippen LogP contribution in [0.15, 0.2) is 0 Å². The Morgan fingerprint density at radius 2 is 1.88 bits per heavy atom. The molecule has 100 valence electrons. The van der Waals surface area contributed by atoms with E-state index >= 15 is 0 Å². The average Bonchev–Trinajstić information content (AvgIpc) is 2.09. The van der Waals surface area contributed by atoms with Gasteiger partial charge in [0.2, 0.25) is 5.91 Å². The highest BCUT2D eigenvalue weighted by molar-refractivity contribution is 5.79. The number of carbonyl (C=O) groups is 2. The Bertz CT molecular complexity index is 261. The van der Waals surface area contributed by atoms with Crippen molar-refractivity contribution in [3.05, 3.63) is 0 Å². The molecule has 6 heteroatoms. The largest absolute Gasteiger partial charge is 0.480 e. The van der Waals surface area contributed by atoms with Crippen LogP contribution < -0.4 is 5.32 Å². The number of rotatable bonds is 7. The predicted molar refractivity (Wildman–Crippen MR) is 63.8 cm³/mol. The lowest BCUT2D eigenvalue weighted by Gasteiger charge is -2.24. The Hall–Kier alpha value is -1.14. The molecule has 0 fully saturated rings. The summed E-state index contributed by atoms with van der Waals surface area (Å²) in [5.74, 6) is -1.14. The first-order chi connectivity index (χ1) is 7.74.